The molecule has 104 valence electrons. The fourth-order valence-corrected chi connectivity index (χ4v) is 2.64. The number of rotatable bonds is 2. The van der Waals surface area contributed by atoms with Crippen molar-refractivity contribution in [2.24, 2.45) is 0 Å². The zero-order valence-corrected chi connectivity index (χ0v) is 12.2. The fourth-order valence-electron chi connectivity index (χ4n) is 2.64. The smallest absolute Gasteiger partial charge is 0.0722 e. The van der Waals surface area contributed by atoms with Crippen molar-refractivity contribution in [2.75, 3.05) is 38.1 Å². The maximum Gasteiger partial charge on any atom is 0.0722 e. The summed E-state index contributed by atoms with van der Waals surface area (Å²) in [5.74, 6) is 0. The molecule has 2 heterocycles. The molecule has 1 aromatic carbocycles. The largest absolute Gasteiger partial charge is 0.369 e. The van der Waals surface area contributed by atoms with Gasteiger partial charge in [0.25, 0.3) is 0 Å². The second-order valence-corrected chi connectivity index (χ2v) is 5.56. The molecule has 1 fully saturated rings. The van der Waals surface area contributed by atoms with E-state index in [4.69, 9.17) is 0 Å². The summed E-state index contributed by atoms with van der Waals surface area (Å²) >= 11 is 0. The molecule has 1 aliphatic rings. The Balaban J connectivity index is 1.86. The van der Waals surface area contributed by atoms with E-state index in [2.05, 4.69) is 65.2 Å². The topological polar surface area (TPSA) is 19.4 Å². The van der Waals surface area contributed by atoms with Crippen LogP contribution in [0, 0.1) is 6.92 Å². The van der Waals surface area contributed by atoms with Crippen molar-refractivity contribution in [1.29, 1.82) is 0 Å². The molecule has 3 nitrogen and oxygen atoms in total. The minimum atomic E-state index is 1.06. The van der Waals surface area contributed by atoms with Crippen molar-refractivity contribution in [2.45, 2.75) is 6.92 Å². The van der Waals surface area contributed by atoms with E-state index < -0.39 is 0 Å². The summed E-state index contributed by atoms with van der Waals surface area (Å²) < 4.78 is 0. The Morgan fingerprint density at radius 3 is 2.55 bits per heavy atom. The van der Waals surface area contributed by atoms with Gasteiger partial charge < -0.3 is 9.80 Å². The van der Waals surface area contributed by atoms with Crippen LogP contribution in [0.2, 0.25) is 0 Å². The van der Waals surface area contributed by atoms with Crippen LogP contribution in [-0.4, -0.2) is 43.1 Å². The highest BCUT2D eigenvalue weighted by atomic mass is 15.2. The average Bonchev–Trinajstić information content (AvgIpc) is 2.48. The van der Waals surface area contributed by atoms with Crippen LogP contribution in [0.15, 0.2) is 42.6 Å². The number of benzene rings is 1. The van der Waals surface area contributed by atoms with Crippen molar-refractivity contribution >= 4 is 5.69 Å². The summed E-state index contributed by atoms with van der Waals surface area (Å²) in [6, 6.07) is 12.9. The molecule has 1 aromatic heterocycles. The number of nitrogens with zero attached hydrogens (tertiary/aromatic N) is 3. The first kappa shape index (κ1) is 13.1. The van der Waals surface area contributed by atoms with Gasteiger partial charge in [0.1, 0.15) is 0 Å². The lowest BCUT2D eigenvalue weighted by Gasteiger charge is -2.34. The number of aryl methyl sites for hydroxylation is 1. The third kappa shape index (κ3) is 2.83. The summed E-state index contributed by atoms with van der Waals surface area (Å²) in [5.41, 5.74) is 4.81. The van der Waals surface area contributed by atoms with Crippen LogP contribution in [0.1, 0.15) is 5.56 Å². The molecule has 0 aliphatic carbocycles. The molecule has 3 heteroatoms. The number of anilines is 1. The van der Waals surface area contributed by atoms with E-state index in [1.54, 1.807) is 0 Å². The average molecular weight is 267 g/mol. The highest BCUT2D eigenvalue weighted by Gasteiger charge is 2.14. The quantitative estimate of drug-likeness (QED) is 0.834. The van der Waals surface area contributed by atoms with E-state index in [0.29, 0.717) is 0 Å². The fraction of sp³-hybridized carbons (Fsp3) is 0.353. The highest BCUT2D eigenvalue weighted by Crippen LogP contribution is 2.23. The molecule has 2 aromatic rings. The molecular formula is C17H21N3. The number of piperazine rings is 1. The molecule has 0 N–H and O–H groups in total. The Morgan fingerprint density at radius 1 is 1.00 bits per heavy atom. The van der Waals surface area contributed by atoms with Gasteiger partial charge in [-0.15, -0.1) is 0 Å². The first-order chi connectivity index (χ1) is 9.72. The van der Waals surface area contributed by atoms with Crippen LogP contribution in [0.25, 0.3) is 11.3 Å². The van der Waals surface area contributed by atoms with E-state index in [1.165, 1.54) is 16.8 Å². The van der Waals surface area contributed by atoms with Gasteiger partial charge in [-0.1, -0.05) is 23.8 Å². The third-order valence-electron chi connectivity index (χ3n) is 3.93. The summed E-state index contributed by atoms with van der Waals surface area (Å²) in [6.45, 7) is 6.56. The van der Waals surface area contributed by atoms with Crippen LogP contribution >= 0.6 is 0 Å². The van der Waals surface area contributed by atoms with E-state index in [9.17, 15) is 0 Å². The monoisotopic (exact) mass is 267 g/mol. The number of aromatic nitrogens is 1. The van der Waals surface area contributed by atoms with Crippen LogP contribution in [0.3, 0.4) is 0 Å². The van der Waals surface area contributed by atoms with Crippen molar-refractivity contribution in [3.8, 4) is 11.3 Å². The van der Waals surface area contributed by atoms with Gasteiger partial charge in [0.05, 0.1) is 5.69 Å². The molecule has 0 unspecified atom stereocenters. The third-order valence-corrected chi connectivity index (χ3v) is 3.93. The minimum absolute atomic E-state index is 1.06. The van der Waals surface area contributed by atoms with Gasteiger partial charge in [-0.2, -0.15) is 0 Å². The molecule has 1 aliphatic heterocycles. The maximum atomic E-state index is 4.52. The lowest BCUT2D eigenvalue weighted by Crippen LogP contribution is -2.44. The Bertz CT molecular complexity index is 586. The zero-order valence-electron chi connectivity index (χ0n) is 12.2. The van der Waals surface area contributed by atoms with Crippen molar-refractivity contribution < 1.29 is 0 Å². The molecule has 20 heavy (non-hydrogen) atoms. The van der Waals surface area contributed by atoms with Crippen LogP contribution in [0.5, 0.6) is 0 Å². The summed E-state index contributed by atoms with van der Waals surface area (Å²) in [6.07, 6.45) is 1.92. The van der Waals surface area contributed by atoms with Gasteiger partial charge in [0, 0.05) is 43.6 Å². The summed E-state index contributed by atoms with van der Waals surface area (Å²) in [7, 11) is 2.18. The second-order valence-electron chi connectivity index (χ2n) is 5.56. The van der Waals surface area contributed by atoms with Gasteiger partial charge in [-0.3, -0.25) is 4.98 Å². The molecule has 1 saturated heterocycles. The van der Waals surface area contributed by atoms with Gasteiger partial charge in [-0.25, -0.2) is 0 Å². The lowest BCUT2D eigenvalue weighted by atomic mass is 10.1. The molecule has 3 rings (SSSR count). The SMILES string of the molecule is Cc1cccc(-c2cc(N3CCN(C)CC3)ccn2)c1. The van der Waals surface area contributed by atoms with Gasteiger partial charge in [-0.05, 0) is 32.2 Å². The van der Waals surface area contributed by atoms with E-state index >= 15 is 0 Å². The Morgan fingerprint density at radius 2 is 1.80 bits per heavy atom. The predicted molar refractivity (Wildman–Crippen MR) is 84.1 cm³/mol. The van der Waals surface area contributed by atoms with E-state index in [1.807, 2.05) is 6.20 Å². The first-order valence-corrected chi connectivity index (χ1v) is 7.19. The highest BCUT2D eigenvalue weighted by molar-refractivity contribution is 5.65. The lowest BCUT2D eigenvalue weighted by molar-refractivity contribution is 0.313. The van der Waals surface area contributed by atoms with Crippen molar-refractivity contribution in [3.63, 3.8) is 0 Å². The number of hydrogen-bond donors (Lipinski definition) is 0. The minimum Gasteiger partial charge on any atom is -0.369 e. The first-order valence-electron chi connectivity index (χ1n) is 7.19. The van der Waals surface area contributed by atoms with E-state index in [-0.39, 0.29) is 0 Å². The van der Waals surface area contributed by atoms with Crippen LogP contribution in [-0.2, 0) is 0 Å². The Hall–Kier alpha value is -1.87. The molecule has 0 atom stereocenters. The maximum absolute atomic E-state index is 4.52. The van der Waals surface area contributed by atoms with E-state index in [0.717, 1.165) is 31.9 Å². The standard InChI is InChI=1S/C17H21N3/c1-14-4-3-5-15(12-14)17-13-16(6-7-18-17)20-10-8-19(2)9-11-20/h3-7,12-13H,8-11H2,1-2H3. The predicted octanol–water partition coefficient (Wildman–Crippen LogP) is 2.81. The van der Waals surface area contributed by atoms with Crippen molar-refractivity contribution in [3.05, 3.63) is 48.2 Å². The summed E-state index contributed by atoms with van der Waals surface area (Å²) in [4.78, 5) is 9.34. The zero-order chi connectivity index (χ0) is 13.9. The number of hydrogen-bond acceptors (Lipinski definition) is 3. The van der Waals surface area contributed by atoms with Gasteiger partial charge in [0.15, 0.2) is 0 Å². The molecule has 0 saturated carbocycles. The van der Waals surface area contributed by atoms with Crippen molar-refractivity contribution in [1.82, 2.24) is 9.88 Å². The van der Waals surface area contributed by atoms with Crippen LogP contribution in [0.4, 0.5) is 5.69 Å². The number of pyridine rings is 1. The Labute approximate surface area is 120 Å². The molecular weight excluding hydrogens is 246 g/mol. The number of likely N-dealkylation sites (N-methyl/N-ethyl adjacent to an activating group) is 1. The molecule has 0 bridgehead atoms. The molecule has 0 spiro atoms. The molecule has 0 amide bonds. The van der Waals surface area contributed by atoms with Gasteiger partial charge in [0.2, 0.25) is 0 Å². The molecule has 0 radical (unpaired) electrons. The normalized spacial score (nSPS) is 16.4. The Kier molecular flexibility index (Phi) is 3.70. The summed E-state index contributed by atoms with van der Waals surface area (Å²) in [5, 5.41) is 0. The van der Waals surface area contributed by atoms with Crippen LogP contribution < -0.4 is 4.90 Å². The van der Waals surface area contributed by atoms with Gasteiger partial charge >= 0.3 is 0 Å². The second kappa shape index (κ2) is 5.63.